The van der Waals surface area contributed by atoms with E-state index in [0.717, 1.165) is 22.5 Å². The Morgan fingerprint density at radius 3 is 1.37 bits per heavy atom. The summed E-state index contributed by atoms with van der Waals surface area (Å²) in [6, 6.07) is 17.7. The van der Waals surface area contributed by atoms with Gasteiger partial charge in [0.05, 0.1) is 9.75 Å². The number of benzene rings is 2. The van der Waals surface area contributed by atoms with Crippen LogP contribution in [0.3, 0.4) is 0 Å². The average molecular weight is 493 g/mol. The number of amides is 4. The molecule has 0 unspecified atom stereocenters. The number of likely N-dealkylation sites (N-methyl/N-ethyl adjacent to an activating group) is 2. The van der Waals surface area contributed by atoms with Gasteiger partial charge in [0.25, 0.3) is 11.8 Å². The van der Waals surface area contributed by atoms with Crippen LogP contribution in [-0.2, 0) is 9.59 Å². The summed E-state index contributed by atoms with van der Waals surface area (Å²) in [6.45, 7) is 3.41. The summed E-state index contributed by atoms with van der Waals surface area (Å²) in [7, 11) is 3.02. The van der Waals surface area contributed by atoms with Crippen LogP contribution < -0.4 is 20.4 Å². The Hall–Kier alpha value is -3.98. The lowest BCUT2D eigenvalue weighted by Gasteiger charge is -2.24. The van der Waals surface area contributed by atoms with E-state index < -0.39 is 0 Å². The van der Waals surface area contributed by atoms with E-state index in [1.165, 1.54) is 23.9 Å². The summed E-state index contributed by atoms with van der Waals surface area (Å²) >= 11 is 1.03. The Balaban J connectivity index is 1.95. The number of carbonyl (C=O) groups excluding carboxylic acids is 4. The molecule has 0 saturated heterocycles. The van der Waals surface area contributed by atoms with Gasteiger partial charge in [-0.05, 0) is 49.2 Å². The summed E-state index contributed by atoms with van der Waals surface area (Å²) in [5.41, 5.74) is 2.91. The van der Waals surface area contributed by atoms with E-state index >= 15 is 0 Å². The highest BCUT2D eigenvalue weighted by molar-refractivity contribution is 7.16. The van der Waals surface area contributed by atoms with Crippen molar-refractivity contribution in [2.24, 2.45) is 0 Å². The number of aryl methyl sites for hydroxylation is 2. The van der Waals surface area contributed by atoms with Gasteiger partial charge in [0, 0.05) is 25.5 Å². The zero-order chi connectivity index (χ0) is 25.5. The van der Waals surface area contributed by atoms with Crippen molar-refractivity contribution in [2.75, 3.05) is 37.0 Å². The molecule has 0 radical (unpaired) electrons. The molecule has 1 heterocycles. The van der Waals surface area contributed by atoms with Gasteiger partial charge in [0.2, 0.25) is 11.8 Å². The minimum atomic E-state index is -0.388. The number of rotatable bonds is 8. The molecule has 0 aliphatic rings. The first-order valence-corrected chi connectivity index (χ1v) is 11.8. The number of carbonyl (C=O) groups is 4. The van der Waals surface area contributed by atoms with Gasteiger partial charge in [0.1, 0.15) is 13.1 Å². The molecular formula is C26H28N4O4S. The molecule has 3 rings (SSSR count). The first kappa shape index (κ1) is 25.6. The van der Waals surface area contributed by atoms with E-state index in [1.54, 1.807) is 36.4 Å². The molecule has 3 aromatic rings. The van der Waals surface area contributed by atoms with E-state index in [9.17, 15) is 19.2 Å². The van der Waals surface area contributed by atoms with Crippen molar-refractivity contribution in [1.82, 2.24) is 10.6 Å². The molecule has 0 atom stereocenters. The van der Waals surface area contributed by atoms with Gasteiger partial charge < -0.3 is 10.6 Å². The second-order valence-corrected chi connectivity index (χ2v) is 8.95. The van der Waals surface area contributed by atoms with Crippen molar-refractivity contribution in [3.63, 3.8) is 0 Å². The number of nitrogens with one attached hydrogen (secondary N) is 2. The van der Waals surface area contributed by atoms with Crippen LogP contribution in [0.1, 0.15) is 30.5 Å². The predicted molar refractivity (Wildman–Crippen MR) is 138 cm³/mol. The Labute approximate surface area is 208 Å². The van der Waals surface area contributed by atoms with Crippen molar-refractivity contribution in [1.29, 1.82) is 0 Å². The number of para-hydroxylation sites is 2. The second kappa shape index (κ2) is 11.4. The van der Waals surface area contributed by atoms with Gasteiger partial charge in [-0.2, -0.15) is 0 Å². The normalized spacial score (nSPS) is 10.4. The summed E-state index contributed by atoms with van der Waals surface area (Å²) in [4.78, 5) is 54.7. The van der Waals surface area contributed by atoms with Crippen LogP contribution >= 0.6 is 11.3 Å². The molecule has 0 spiro atoms. The van der Waals surface area contributed by atoms with Crippen LogP contribution in [0.25, 0.3) is 0 Å². The topological polar surface area (TPSA) is 98.8 Å². The van der Waals surface area contributed by atoms with Crippen LogP contribution in [0.4, 0.5) is 11.4 Å². The second-order valence-electron chi connectivity index (χ2n) is 7.87. The smallest absolute Gasteiger partial charge is 0.268 e. The average Bonchev–Trinajstić information content (AvgIpc) is 3.36. The van der Waals surface area contributed by atoms with E-state index in [0.29, 0.717) is 21.1 Å². The Kier molecular flexibility index (Phi) is 8.38. The van der Waals surface area contributed by atoms with E-state index in [1.807, 2.05) is 38.1 Å². The van der Waals surface area contributed by atoms with Crippen molar-refractivity contribution >= 4 is 46.3 Å². The van der Waals surface area contributed by atoms with Gasteiger partial charge >= 0.3 is 0 Å². The van der Waals surface area contributed by atoms with Crippen molar-refractivity contribution < 1.29 is 19.2 Å². The molecule has 0 aliphatic carbocycles. The minimum Gasteiger partial charge on any atom is -0.358 e. The lowest BCUT2D eigenvalue weighted by molar-refractivity contribution is -0.120. The van der Waals surface area contributed by atoms with Gasteiger partial charge in [-0.25, -0.2) is 0 Å². The minimum absolute atomic E-state index is 0.159. The summed E-state index contributed by atoms with van der Waals surface area (Å²) in [5.74, 6) is -1.40. The highest BCUT2D eigenvalue weighted by Crippen LogP contribution is 2.28. The Morgan fingerprint density at radius 2 is 1.03 bits per heavy atom. The summed E-state index contributed by atoms with van der Waals surface area (Å²) in [6.07, 6.45) is 0. The van der Waals surface area contributed by atoms with Crippen LogP contribution in [0.5, 0.6) is 0 Å². The third-order valence-electron chi connectivity index (χ3n) is 5.49. The zero-order valence-electron chi connectivity index (χ0n) is 20.1. The molecule has 1 aromatic heterocycles. The Morgan fingerprint density at radius 1 is 0.657 bits per heavy atom. The molecule has 182 valence electrons. The maximum atomic E-state index is 13.5. The van der Waals surface area contributed by atoms with E-state index in [-0.39, 0.29) is 36.7 Å². The third kappa shape index (κ3) is 5.93. The molecule has 4 amide bonds. The van der Waals surface area contributed by atoms with Crippen LogP contribution in [0.15, 0.2) is 60.7 Å². The highest BCUT2D eigenvalue weighted by atomic mass is 32.1. The van der Waals surface area contributed by atoms with Crippen molar-refractivity contribution in [3.05, 3.63) is 81.5 Å². The molecule has 9 heteroatoms. The predicted octanol–water partition coefficient (Wildman–Crippen LogP) is 3.15. The van der Waals surface area contributed by atoms with Crippen LogP contribution in [0, 0.1) is 13.8 Å². The molecule has 0 fully saturated rings. The number of thiophene rings is 1. The molecule has 2 N–H and O–H groups in total. The lowest BCUT2D eigenvalue weighted by Crippen LogP contribution is -2.40. The molecule has 0 aliphatic heterocycles. The van der Waals surface area contributed by atoms with Crippen molar-refractivity contribution in [2.45, 2.75) is 13.8 Å². The summed E-state index contributed by atoms with van der Waals surface area (Å²) < 4.78 is 0. The largest absolute Gasteiger partial charge is 0.358 e. The standard InChI is InChI=1S/C26H28N4O4S/c1-17-9-5-7-11-19(17)29(15-23(31)27-3)25(33)21-13-14-22(35-21)26(34)30(16-24(32)28-4)20-12-8-6-10-18(20)2/h5-14H,15-16H2,1-4H3,(H,27,31)(H,28,32). The fraction of sp³-hybridized carbons (Fsp3) is 0.231. The van der Waals surface area contributed by atoms with Crippen LogP contribution in [0.2, 0.25) is 0 Å². The summed E-state index contributed by atoms with van der Waals surface area (Å²) in [5, 5.41) is 5.10. The maximum Gasteiger partial charge on any atom is 0.268 e. The molecule has 2 aromatic carbocycles. The van der Waals surface area contributed by atoms with E-state index in [2.05, 4.69) is 10.6 Å². The zero-order valence-corrected chi connectivity index (χ0v) is 20.9. The molecule has 8 nitrogen and oxygen atoms in total. The SMILES string of the molecule is CNC(=O)CN(C(=O)c1ccc(C(=O)N(CC(=O)NC)c2ccccc2C)s1)c1ccccc1C. The molecule has 0 saturated carbocycles. The third-order valence-corrected chi connectivity index (χ3v) is 6.55. The molecule has 0 bridgehead atoms. The van der Waals surface area contributed by atoms with E-state index in [4.69, 9.17) is 0 Å². The van der Waals surface area contributed by atoms with Crippen LogP contribution in [-0.4, -0.2) is 50.8 Å². The Bertz CT molecular complexity index is 1160. The molecular weight excluding hydrogens is 464 g/mol. The number of anilines is 2. The highest BCUT2D eigenvalue weighted by Gasteiger charge is 2.27. The van der Waals surface area contributed by atoms with Gasteiger partial charge in [0.15, 0.2) is 0 Å². The number of hydrogen-bond acceptors (Lipinski definition) is 5. The number of nitrogens with zero attached hydrogens (tertiary/aromatic N) is 2. The first-order chi connectivity index (χ1) is 16.8. The monoisotopic (exact) mass is 492 g/mol. The molecule has 35 heavy (non-hydrogen) atoms. The quantitative estimate of drug-likeness (QED) is 0.505. The fourth-order valence-corrected chi connectivity index (χ4v) is 4.45. The van der Waals surface area contributed by atoms with Crippen molar-refractivity contribution in [3.8, 4) is 0 Å². The lowest BCUT2D eigenvalue weighted by atomic mass is 10.1. The number of hydrogen-bond donors (Lipinski definition) is 2. The van der Waals surface area contributed by atoms with Gasteiger partial charge in [-0.1, -0.05) is 36.4 Å². The fourth-order valence-electron chi connectivity index (χ4n) is 3.54. The van der Waals surface area contributed by atoms with Gasteiger partial charge in [-0.15, -0.1) is 11.3 Å². The maximum absolute atomic E-state index is 13.5. The van der Waals surface area contributed by atoms with Gasteiger partial charge in [-0.3, -0.25) is 29.0 Å². The first-order valence-electron chi connectivity index (χ1n) is 11.0.